The van der Waals surface area contributed by atoms with Crippen molar-refractivity contribution in [2.45, 2.75) is 45.4 Å². The highest BCUT2D eigenvalue weighted by molar-refractivity contribution is 5.71. The summed E-state index contributed by atoms with van der Waals surface area (Å²) in [6.07, 6.45) is 12.1. The van der Waals surface area contributed by atoms with Crippen LogP contribution in [0.5, 0.6) is 0 Å². The van der Waals surface area contributed by atoms with Gasteiger partial charge in [0.15, 0.2) is 0 Å². The van der Waals surface area contributed by atoms with Crippen LogP contribution in [0.2, 0.25) is 0 Å². The molecule has 0 aromatic carbocycles. The molecule has 0 unspecified atom stereocenters. The molecule has 0 rings (SSSR count). The van der Waals surface area contributed by atoms with E-state index in [2.05, 4.69) is 12.7 Å². The zero-order valence-electron chi connectivity index (χ0n) is 9.71. The minimum atomic E-state index is -0.139. The molecule has 0 saturated carbocycles. The first-order chi connectivity index (χ1) is 7.31. The van der Waals surface area contributed by atoms with Gasteiger partial charge in [-0.05, 0) is 32.6 Å². The molecule has 2 heteroatoms. The predicted molar refractivity (Wildman–Crippen MR) is 63.7 cm³/mol. The Hall–Kier alpha value is -1.05. The minimum Gasteiger partial charge on any atom is -0.466 e. The van der Waals surface area contributed by atoms with Gasteiger partial charge >= 0.3 is 5.97 Å². The monoisotopic (exact) mass is 210 g/mol. The molecule has 0 aromatic rings. The van der Waals surface area contributed by atoms with Crippen LogP contribution in [0.3, 0.4) is 0 Å². The van der Waals surface area contributed by atoms with Gasteiger partial charge in [0, 0.05) is 0 Å². The maximum atomic E-state index is 10.9. The number of ether oxygens (including phenoxy) is 1. The van der Waals surface area contributed by atoms with Gasteiger partial charge < -0.3 is 4.74 Å². The Kier molecular flexibility index (Phi) is 10.3. The van der Waals surface area contributed by atoms with Gasteiger partial charge in [0.1, 0.15) is 0 Å². The van der Waals surface area contributed by atoms with Crippen molar-refractivity contribution in [3.63, 3.8) is 0 Å². The minimum absolute atomic E-state index is 0.139. The van der Waals surface area contributed by atoms with E-state index in [0.717, 1.165) is 12.8 Å². The zero-order chi connectivity index (χ0) is 11.4. The van der Waals surface area contributed by atoms with Crippen LogP contribution in [0.4, 0.5) is 0 Å². The van der Waals surface area contributed by atoms with Crippen LogP contribution in [-0.4, -0.2) is 12.6 Å². The molecule has 0 aliphatic heterocycles. The van der Waals surface area contributed by atoms with E-state index < -0.39 is 0 Å². The molecule has 0 heterocycles. The first-order valence-corrected chi connectivity index (χ1v) is 5.72. The Labute approximate surface area is 93.0 Å². The second kappa shape index (κ2) is 11.0. The van der Waals surface area contributed by atoms with E-state index in [1.54, 1.807) is 0 Å². The summed E-state index contributed by atoms with van der Waals surface area (Å²) in [6, 6.07) is 0. The Morgan fingerprint density at radius 1 is 1.20 bits per heavy atom. The van der Waals surface area contributed by atoms with Crippen molar-refractivity contribution in [3.8, 4) is 0 Å². The van der Waals surface area contributed by atoms with Crippen LogP contribution >= 0.6 is 0 Å². The Balaban J connectivity index is 3.23. The van der Waals surface area contributed by atoms with E-state index in [0.29, 0.717) is 13.0 Å². The number of allylic oxidation sites excluding steroid dienone is 2. The molecule has 0 amide bonds. The molecule has 0 aromatic heterocycles. The van der Waals surface area contributed by atoms with E-state index >= 15 is 0 Å². The molecule has 0 fully saturated rings. The lowest BCUT2D eigenvalue weighted by molar-refractivity contribution is -0.142. The Bertz CT molecular complexity index is 195. The molecule has 0 atom stereocenters. The van der Waals surface area contributed by atoms with Crippen LogP contribution in [0.15, 0.2) is 24.8 Å². The molecule has 0 aliphatic carbocycles. The maximum absolute atomic E-state index is 10.9. The van der Waals surface area contributed by atoms with Gasteiger partial charge in [-0.15, -0.1) is 6.58 Å². The molecule has 0 bridgehead atoms. The number of carbonyl (C=O) groups is 1. The third kappa shape index (κ3) is 10.9. The van der Waals surface area contributed by atoms with E-state index in [1.165, 1.54) is 19.3 Å². The number of rotatable bonds is 9. The second-order valence-corrected chi connectivity index (χ2v) is 3.41. The summed E-state index contributed by atoms with van der Waals surface area (Å²) in [5, 5.41) is 0. The van der Waals surface area contributed by atoms with Gasteiger partial charge in [0.25, 0.3) is 0 Å². The Morgan fingerprint density at radius 2 is 1.93 bits per heavy atom. The fraction of sp³-hybridized carbons (Fsp3) is 0.615. The summed E-state index contributed by atoms with van der Waals surface area (Å²) in [4.78, 5) is 10.9. The molecule has 0 radical (unpaired) electrons. The third-order valence-electron chi connectivity index (χ3n) is 2.04. The first-order valence-electron chi connectivity index (χ1n) is 5.72. The van der Waals surface area contributed by atoms with Crippen molar-refractivity contribution >= 4 is 5.97 Å². The van der Waals surface area contributed by atoms with Gasteiger partial charge in [-0.25, -0.2) is 0 Å². The fourth-order valence-corrected chi connectivity index (χ4v) is 1.24. The molecule has 2 nitrogen and oxygen atoms in total. The van der Waals surface area contributed by atoms with E-state index in [9.17, 15) is 4.79 Å². The molecular weight excluding hydrogens is 188 g/mol. The fourth-order valence-electron chi connectivity index (χ4n) is 1.24. The normalized spacial score (nSPS) is 10.5. The van der Waals surface area contributed by atoms with Crippen molar-refractivity contribution in [1.29, 1.82) is 0 Å². The van der Waals surface area contributed by atoms with Crippen molar-refractivity contribution in [3.05, 3.63) is 24.8 Å². The van der Waals surface area contributed by atoms with Crippen LogP contribution in [0.25, 0.3) is 0 Å². The topological polar surface area (TPSA) is 26.3 Å². The van der Waals surface area contributed by atoms with E-state index in [4.69, 9.17) is 4.74 Å². The first kappa shape index (κ1) is 13.9. The largest absolute Gasteiger partial charge is 0.466 e. The standard InChI is InChI=1S/C13H22O2/c1-3-5-6-7-8-9-10-11-12-13(14)15-4-2/h3,10-11H,1,4-9,12H2,2H3/b11-10+. The maximum Gasteiger partial charge on any atom is 0.309 e. The molecule has 0 aliphatic rings. The van der Waals surface area contributed by atoms with E-state index in [1.807, 2.05) is 19.1 Å². The van der Waals surface area contributed by atoms with Crippen molar-refractivity contribution in [2.75, 3.05) is 6.61 Å². The quantitative estimate of drug-likeness (QED) is 0.330. The highest BCUT2D eigenvalue weighted by Crippen LogP contribution is 2.04. The molecule has 0 spiro atoms. The lowest BCUT2D eigenvalue weighted by Crippen LogP contribution is -2.01. The third-order valence-corrected chi connectivity index (χ3v) is 2.04. The van der Waals surface area contributed by atoms with E-state index in [-0.39, 0.29) is 5.97 Å². The number of esters is 1. The number of hydrogen-bond acceptors (Lipinski definition) is 2. The second-order valence-electron chi connectivity index (χ2n) is 3.41. The van der Waals surface area contributed by atoms with Crippen molar-refractivity contribution in [1.82, 2.24) is 0 Å². The number of carbonyl (C=O) groups excluding carboxylic acids is 1. The summed E-state index contributed by atoms with van der Waals surface area (Å²) in [5.74, 6) is -0.139. The summed E-state index contributed by atoms with van der Waals surface area (Å²) in [5.41, 5.74) is 0. The van der Waals surface area contributed by atoms with Gasteiger partial charge in [-0.2, -0.15) is 0 Å². The molecule has 86 valence electrons. The van der Waals surface area contributed by atoms with Crippen LogP contribution in [-0.2, 0) is 9.53 Å². The smallest absolute Gasteiger partial charge is 0.309 e. The summed E-state index contributed by atoms with van der Waals surface area (Å²) >= 11 is 0. The average molecular weight is 210 g/mol. The Morgan fingerprint density at radius 3 is 2.60 bits per heavy atom. The van der Waals surface area contributed by atoms with Crippen molar-refractivity contribution in [2.24, 2.45) is 0 Å². The van der Waals surface area contributed by atoms with Gasteiger partial charge in [0.05, 0.1) is 13.0 Å². The lowest BCUT2D eigenvalue weighted by atomic mass is 10.1. The summed E-state index contributed by atoms with van der Waals surface area (Å²) < 4.78 is 4.80. The van der Waals surface area contributed by atoms with Crippen LogP contribution in [0.1, 0.15) is 45.4 Å². The molecule has 0 N–H and O–H groups in total. The SMILES string of the molecule is C=CCCCCC/C=C/CC(=O)OCC. The predicted octanol–water partition coefficient (Wildman–Crippen LogP) is 3.63. The van der Waals surface area contributed by atoms with Crippen molar-refractivity contribution < 1.29 is 9.53 Å². The number of unbranched alkanes of at least 4 members (excludes halogenated alkanes) is 4. The lowest BCUT2D eigenvalue weighted by Gasteiger charge is -1.97. The van der Waals surface area contributed by atoms with Gasteiger partial charge in [-0.3, -0.25) is 4.79 Å². The van der Waals surface area contributed by atoms with Crippen LogP contribution < -0.4 is 0 Å². The summed E-state index contributed by atoms with van der Waals surface area (Å²) in [6.45, 7) is 5.97. The molecule has 15 heavy (non-hydrogen) atoms. The summed E-state index contributed by atoms with van der Waals surface area (Å²) in [7, 11) is 0. The average Bonchev–Trinajstić information content (AvgIpc) is 2.22. The highest BCUT2D eigenvalue weighted by Gasteiger charge is 1.95. The molecular formula is C13H22O2. The number of hydrogen-bond donors (Lipinski definition) is 0. The zero-order valence-corrected chi connectivity index (χ0v) is 9.71. The van der Waals surface area contributed by atoms with Crippen LogP contribution in [0, 0.1) is 0 Å². The highest BCUT2D eigenvalue weighted by atomic mass is 16.5. The molecule has 0 saturated heterocycles. The van der Waals surface area contributed by atoms with Gasteiger partial charge in [-0.1, -0.05) is 24.6 Å². The van der Waals surface area contributed by atoms with Gasteiger partial charge in [0.2, 0.25) is 0 Å².